The van der Waals surface area contributed by atoms with E-state index in [0.29, 0.717) is 0 Å². The molecule has 2 atom stereocenters. The number of hydrogen-bond donors (Lipinski definition) is 0. The lowest BCUT2D eigenvalue weighted by Gasteiger charge is -2.14. The summed E-state index contributed by atoms with van der Waals surface area (Å²) in [6.07, 6.45) is 5.30. The summed E-state index contributed by atoms with van der Waals surface area (Å²) in [5, 5.41) is 0.767. The van der Waals surface area contributed by atoms with Gasteiger partial charge in [0.1, 0.15) is 0 Å². The molecule has 54 valence electrons. The summed E-state index contributed by atoms with van der Waals surface area (Å²) in [6.45, 7) is 8.24. The summed E-state index contributed by atoms with van der Waals surface area (Å²) in [7, 11) is 0. The van der Waals surface area contributed by atoms with Crippen molar-refractivity contribution >= 4 is 11.8 Å². The van der Waals surface area contributed by atoms with E-state index in [1.807, 2.05) is 17.8 Å². The zero-order chi connectivity index (χ0) is 7.28. The summed E-state index contributed by atoms with van der Waals surface area (Å²) in [5.74, 6) is 0.775. The van der Waals surface area contributed by atoms with Gasteiger partial charge < -0.3 is 0 Å². The van der Waals surface area contributed by atoms with Crippen molar-refractivity contribution in [2.45, 2.75) is 25.5 Å². The number of hydrogen-bond acceptors (Lipinski definition) is 1. The quantitative estimate of drug-likeness (QED) is 0.547. The minimum atomic E-state index is 0.767. The van der Waals surface area contributed by atoms with Gasteiger partial charge >= 0.3 is 0 Å². The normalized spacial score (nSPS) is 16.8. The van der Waals surface area contributed by atoms with Gasteiger partial charge in [0.05, 0.1) is 0 Å². The van der Waals surface area contributed by atoms with Crippen LogP contribution in [0.25, 0.3) is 0 Å². The van der Waals surface area contributed by atoms with Gasteiger partial charge in [0.15, 0.2) is 0 Å². The summed E-state index contributed by atoms with van der Waals surface area (Å²) in [6, 6.07) is 0. The molecule has 0 aromatic rings. The molecule has 0 aliphatic rings. The van der Waals surface area contributed by atoms with E-state index in [0.717, 1.165) is 17.6 Å². The maximum absolute atomic E-state index is 3.71. The Morgan fingerprint density at radius 1 is 1.56 bits per heavy atom. The van der Waals surface area contributed by atoms with Gasteiger partial charge in [-0.1, -0.05) is 19.9 Å². The predicted octanol–water partition coefficient (Wildman–Crippen LogP) is 2.95. The maximum atomic E-state index is 3.71. The van der Waals surface area contributed by atoms with E-state index in [1.54, 1.807) is 0 Å². The standard InChI is InChI=1S/C8H16S/c1-5-6-7(2)8(3)9-4/h5,7-8H,1,6H2,2-4H3/t7-,8-/m0/s1. The predicted molar refractivity (Wildman–Crippen MR) is 47.0 cm³/mol. The third-order valence-corrected chi connectivity index (χ3v) is 2.92. The number of rotatable bonds is 4. The molecular weight excluding hydrogens is 128 g/mol. The Morgan fingerprint density at radius 3 is 2.44 bits per heavy atom. The van der Waals surface area contributed by atoms with Gasteiger partial charge in [0, 0.05) is 5.25 Å². The van der Waals surface area contributed by atoms with Crippen LogP contribution >= 0.6 is 11.8 Å². The van der Waals surface area contributed by atoms with Crippen molar-refractivity contribution in [2.75, 3.05) is 6.26 Å². The van der Waals surface area contributed by atoms with Crippen molar-refractivity contribution in [3.05, 3.63) is 12.7 Å². The highest BCUT2D eigenvalue weighted by molar-refractivity contribution is 7.99. The molecule has 1 heteroatoms. The highest BCUT2D eigenvalue weighted by Crippen LogP contribution is 2.18. The van der Waals surface area contributed by atoms with Gasteiger partial charge in [-0.2, -0.15) is 11.8 Å². The summed E-state index contributed by atoms with van der Waals surface area (Å²) in [4.78, 5) is 0. The average molecular weight is 144 g/mol. The van der Waals surface area contributed by atoms with E-state index in [4.69, 9.17) is 0 Å². The molecule has 9 heavy (non-hydrogen) atoms. The Morgan fingerprint density at radius 2 is 2.11 bits per heavy atom. The molecule has 0 aromatic carbocycles. The van der Waals surface area contributed by atoms with Crippen LogP contribution in [0.1, 0.15) is 20.3 Å². The number of allylic oxidation sites excluding steroid dienone is 1. The van der Waals surface area contributed by atoms with Crippen molar-refractivity contribution in [1.82, 2.24) is 0 Å². The van der Waals surface area contributed by atoms with Crippen molar-refractivity contribution in [3.8, 4) is 0 Å². The molecule has 0 bridgehead atoms. The second-order valence-corrected chi connectivity index (χ2v) is 3.66. The molecule has 0 heterocycles. The van der Waals surface area contributed by atoms with Crippen molar-refractivity contribution in [3.63, 3.8) is 0 Å². The van der Waals surface area contributed by atoms with Gasteiger partial charge in [-0.25, -0.2) is 0 Å². The zero-order valence-corrected chi connectivity index (χ0v) is 7.37. The molecule has 0 N–H and O–H groups in total. The Bertz CT molecular complexity index is 78.6. The fourth-order valence-electron chi connectivity index (χ4n) is 0.687. The van der Waals surface area contributed by atoms with Crippen LogP contribution in [0.5, 0.6) is 0 Å². The first-order valence-electron chi connectivity index (χ1n) is 3.36. The minimum absolute atomic E-state index is 0.767. The van der Waals surface area contributed by atoms with Crippen molar-refractivity contribution in [2.24, 2.45) is 5.92 Å². The van der Waals surface area contributed by atoms with E-state index in [9.17, 15) is 0 Å². The van der Waals surface area contributed by atoms with Gasteiger partial charge in [0.25, 0.3) is 0 Å². The lowest BCUT2D eigenvalue weighted by atomic mass is 10.1. The molecule has 0 aromatic heterocycles. The van der Waals surface area contributed by atoms with Crippen LogP contribution in [-0.2, 0) is 0 Å². The smallest absolute Gasteiger partial charge is 0.00445 e. The van der Waals surface area contributed by atoms with Crippen LogP contribution in [-0.4, -0.2) is 11.5 Å². The molecule has 0 saturated heterocycles. The van der Waals surface area contributed by atoms with Gasteiger partial charge in [-0.05, 0) is 18.6 Å². The van der Waals surface area contributed by atoms with Gasteiger partial charge in [-0.15, -0.1) is 6.58 Å². The Labute approximate surface area is 62.7 Å². The highest BCUT2D eigenvalue weighted by Gasteiger charge is 2.07. The molecule has 0 saturated carbocycles. The van der Waals surface area contributed by atoms with Crippen molar-refractivity contribution in [1.29, 1.82) is 0 Å². The molecular formula is C8H16S. The van der Waals surface area contributed by atoms with Gasteiger partial charge in [0.2, 0.25) is 0 Å². The third kappa shape index (κ3) is 3.63. The van der Waals surface area contributed by atoms with E-state index in [1.165, 1.54) is 0 Å². The van der Waals surface area contributed by atoms with Crippen LogP contribution in [0.4, 0.5) is 0 Å². The molecule has 0 aliphatic carbocycles. The molecule has 0 aliphatic heterocycles. The first-order valence-corrected chi connectivity index (χ1v) is 4.64. The van der Waals surface area contributed by atoms with E-state index < -0.39 is 0 Å². The summed E-state index contributed by atoms with van der Waals surface area (Å²) >= 11 is 1.93. The average Bonchev–Trinajstić information content (AvgIpc) is 1.87. The minimum Gasteiger partial charge on any atom is -0.162 e. The number of thioether (sulfide) groups is 1. The Hall–Kier alpha value is 0.0900. The molecule has 0 unspecified atom stereocenters. The molecule has 0 rings (SSSR count). The van der Waals surface area contributed by atoms with Crippen LogP contribution in [0.3, 0.4) is 0 Å². The second kappa shape index (κ2) is 4.92. The second-order valence-electron chi connectivity index (χ2n) is 2.44. The monoisotopic (exact) mass is 144 g/mol. The van der Waals surface area contributed by atoms with Crippen LogP contribution in [0.2, 0.25) is 0 Å². The molecule has 0 spiro atoms. The fourth-order valence-corrected chi connectivity index (χ4v) is 1.26. The van der Waals surface area contributed by atoms with Crippen LogP contribution in [0.15, 0.2) is 12.7 Å². The van der Waals surface area contributed by atoms with E-state index in [-0.39, 0.29) is 0 Å². The van der Waals surface area contributed by atoms with Crippen molar-refractivity contribution < 1.29 is 0 Å². The molecule has 0 fully saturated rings. The van der Waals surface area contributed by atoms with E-state index in [2.05, 4.69) is 26.7 Å². The largest absolute Gasteiger partial charge is 0.162 e. The highest BCUT2D eigenvalue weighted by atomic mass is 32.2. The molecule has 0 amide bonds. The Balaban J connectivity index is 3.44. The maximum Gasteiger partial charge on any atom is 0.00445 e. The van der Waals surface area contributed by atoms with Crippen LogP contribution in [0, 0.1) is 5.92 Å². The molecule has 0 nitrogen and oxygen atoms in total. The first-order chi connectivity index (χ1) is 4.22. The topological polar surface area (TPSA) is 0 Å². The van der Waals surface area contributed by atoms with Crippen LogP contribution < -0.4 is 0 Å². The Kier molecular flexibility index (Phi) is 4.97. The lowest BCUT2D eigenvalue weighted by Crippen LogP contribution is -2.07. The third-order valence-electron chi connectivity index (χ3n) is 1.71. The summed E-state index contributed by atoms with van der Waals surface area (Å²) < 4.78 is 0. The zero-order valence-electron chi connectivity index (χ0n) is 6.55. The van der Waals surface area contributed by atoms with Gasteiger partial charge in [-0.3, -0.25) is 0 Å². The fraction of sp³-hybridized carbons (Fsp3) is 0.750. The SMILES string of the molecule is C=CC[C@H](C)[C@H](C)SC. The lowest BCUT2D eigenvalue weighted by molar-refractivity contribution is 0.588. The van der Waals surface area contributed by atoms with E-state index >= 15 is 0 Å². The molecule has 0 radical (unpaired) electrons. The first kappa shape index (κ1) is 9.09. The summed E-state index contributed by atoms with van der Waals surface area (Å²) in [5.41, 5.74) is 0.